The van der Waals surface area contributed by atoms with Gasteiger partial charge in [0.25, 0.3) is 5.91 Å². The maximum absolute atomic E-state index is 12.5. The summed E-state index contributed by atoms with van der Waals surface area (Å²) in [6.45, 7) is 7.82. The fourth-order valence-corrected chi connectivity index (χ4v) is 2.45. The minimum absolute atomic E-state index is 0.0944. The number of hydrogen-bond donors (Lipinski definition) is 1. The van der Waals surface area contributed by atoms with Gasteiger partial charge < -0.3 is 9.84 Å². The summed E-state index contributed by atoms with van der Waals surface area (Å²) in [5.41, 5.74) is 2.52. The second kappa shape index (κ2) is 7.25. The van der Waals surface area contributed by atoms with Crippen LogP contribution in [0.15, 0.2) is 34.9 Å². The lowest BCUT2D eigenvalue weighted by Gasteiger charge is -2.14. The van der Waals surface area contributed by atoms with Crippen molar-refractivity contribution in [2.75, 3.05) is 0 Å². The van der Waals surface area contributed by atoms with Gasteiger partial charge in [0, 0.05) is 12.0 Å². The van der Waals surface area contributed by atoms with E-state index >= 15 is 0 Å². The third-order valence-corrected chi connectivity index (χ3v) is 3.73. The van der Waals surface area contributed by atoms with Crippen LogP contribution in [0.5, 0.6) is 0 Å². The number of nitrogens with one attached hydrogen (secondary N) is 1. The number of aryl methyl sites for hydroxylation is 2. The summed E-state index contributed by atoms with van der Waals surface area (Å²) in [4.78, 5) is 12.5. The molecular weight excluding hydrogens is 276 g/mol. The van der Waals surface area contributed by atoms with Gasteiger partial charge in [-0.3, -0.25) is 4.79 Å². The van der Waals surface area contributed by atoms with Crippen molar-refractivity contribution in [1.82, 2.24) is 10.5 Å². The van der Waals surface area contributed by atoms with Gasteiger partial charge in [0.05, 0.1) is 5.69 Å². The van der Waals surface area contributed by atoms with Gasteiger partial charge in [-0.2, -0.15) is 0 Å². The number of aromatic nitrogens is 1. The lowest BCUT2D eigenvalue weighted by Crippen LogP contribution is -2.33. The predicted octanol–water partition coefficient (Wildman–Crippen LogP) is 3.86. The Morgan fingerprint density at radius 3 is 2.55 bits per heavy atom. The highest BCUT2D eigenvalue weighted by molar-refractivity contribution is 5.96. The molecule has 0 aliphatic rings. The van der Waals surface area contributed by atoms with E-state index in [0.29, 0.717) is 17.0 Å². The van der Waals surface area contributed by atoms with Crippen LogP contribution in [0, 0.1) is 6.92 Å². The fourth-order valence-electron chi connectivity index (χ4n) is 2.45. The first kappa shape index (κ1) is 16.3. The molecule has 0 aliphatic carbocycles. The zero-order valence-corrected chi connectivity index (χ0v) is 13.7. The van der Waals surface area contributed by atoms with E-state index in [1.54, 1.807) is 6.92 Å². The summed E-state index contributed by atoms with van der Waals surface area (Å²) in [6.07, 6.45) is 1.85. The number of carbonyl (C=O) groups is 1. The van der Waals surface area contributed by atoms with Crippen LogP contribution in [0.25, 0.3) is 0 Å². The molecule has 1 atom stereocenters. The van der Waals surface area contributed by atoms with Crippen LogP contribution in [0.1, 0.15) is 60.5 Å². The summed E-state index contributed by atoms with van der Waals surface area (Å²) in [7, 11) is 0. The van der Waals surface area contributed by atoms with Crippen LogP contribution in [0.4, 0.5) is 0 Å². The molecule has 0 aliphatic heterocycles. The monoisotopic (exact) mass is 300 g/mol. The molecule has 0 fully saturated rings. The Kier molecular flexibility index (Phi) is 5.36. The molecule has 1 aromatic carbocycles. The summed E-state index contributed by atoms with van der Waals surface area (Å²) in [5.74, 6) is 0.704. The van der Waals surface area contributed by atoms with E-state index in [1.807, 2.05) is 39.0 Å². The molecule has 4 heteroatoms. The SMILES string of the molecule is Cc1noc(C(C)C)c1C(=O)NC(C)CCc1ccccc1. The van der Waals surface area contributed by atoms with Crippen LogP contribution in [-0.4, -0.2) is 17.1 Å². The number of amides is 1. The quantitative estimate of drug-likeness (QED) is 0.881. The van der Waals surface area contributed by atoms with Gasteiger partial charge in [-0.05, 0) is 32.3 Å². The van der Waals surface area contributed by atoms with Crippen molar-refractivity contribution in [2.45, 2.75) is 52.5 Å². The molecule has 4 nitrogen and oxygen atoms in total. The molecule has 2 aromatic rings. The van der Waals surface area contributed by atoms with Gasteiger partial charge in [-0.1, -0.05) is 49.3 Å². The molecule has 0 bridgehead atoms. The molecule has 22 heavy (non-hydrogen) atoms. The minimum atomic E-state index is -0.0944. The van der Waals surface area contributed by atoms with Crippen molar-refractivity contribution < 1.29 is 9.32 Å². The third-order valence-electron chi connectivity index (χ3n) is 3.73. The Morgan fingerprint density at radius 2 is 1.91 bits per heavy atom. The average molecular weight is 300 g/mol. The van der Waals surface area contributed by atoms with E-state index in [-0.39, 0.29) is 17.9 Å². The standard InChI is InChI=1S/C18H24N2O2/c1-12(2)17-16(14(4)20-22-17)18(21)19-13(3)10-11-15-8-6-5-7-9-15/h5-9,12-13H,10-11H2,1-4H3,(H,19,21). The smallest absolute Gasteiger partial charge is 0.257 e. The molecule has 0 radical (unpaired) electrons. The molecule has 1 heterocycles. The van der Waals surface area contributed by atoms with E-state index in [1.165, 1.54) is 5.56 Å². The Morgan fingerprint density at radius 1 is 1.23 bits per heavy atom. The number of hydrogen-bond acceptors (Lipinski definition) is 3. The highest BCUT2D eigenvalue weighted by Crippen LogP contribution is 2.22. The summed E-state index contributed by atoms with van der Waals surface area (Å²) < 4.78 is 5.28. The van der Waals surface area contributed by atoms with Gasteiger partial charge in [-0.15, -0.1) is 0 Å². The van der Waals surface area contributed by atoms with Crippen molar-refractivity contribution in [3.63, 3.8) is 0 Å². The molecule has 1 N–H and O–H groups in total. The van der Waals surface area contributed by atoms with Gasteiger partial charge in [0.2, 0.25) is 0 Å². The van der Waals surface area contributed by atoms with E-state index in [9.17, 15) is 4.79 Å². The third kappa shape index (κ3) is 3.97. The maximum atomic E-state index is 12.5. The normalized spacial score (nSPS) is 12.4. The molecule has 1 aromatic heterocycles. The molecular formula is C18H24N2O2. The van der Waals surface area contributed by atoms with Gasteiger partial charge in [0.15, 0.2) is 5.76 Å². The van der Waals surface area contributed by atoms with Crippen LogP contribution in [0.2, 0.25) is 0 Å². The first-order chi connectivity index (χ1) is 10.5. The van der Waals surface area contributed by atoms with Crippen molar-refractivity contribution in [3.8, 4) is 0 Å². The van der Waals surface area contributed by atoms with E-state index < -0.39 is 0 Å². The zero-order chi connectivity index (χ0) is 16.1. The molecule has 0 saturated heterocycles. The fraction of sp³-hybridized carbons (Fsp3) is 0.444. The first-order valence-corrected chi connectivity index (χ1v) is 7.80. The first-order valence-electron chi connectivity index (χ1n) is 7.80. The summed E-state index contributed by atoms with van der Waals surface area (Å²) in [6, 6.07) is 10.4. The molecule has 1 unspecified atom stereocenters. The second-order valence-electron chi connectivity index (χ2n) is 6.06. The van der Waals surface area contributed by atoms with E-state index in [4.69, 9.17) is 4.52 Å². The summed E-state index contributed by atoms with van der Waals surface area (Å²) >= 11 is 0. The van der Waals surface area contributed by atoms with E-state index in [0.717, 1.165) is 12.8 Å². The zero-order valence-electron chi connectivity index (χ0n) is 13.7. The largest absolute Gasteiger partial charge is 0.360 e. The minimum Gasteiger partial charge on any atom is -0.360 e. The predicted molar refractivity (Wildman–Crippen MR) is 87.0 cm³/mol. The van der Waals surface area contributed by atoms with Crippen molar-refractivity contribution in [1.29, 1.82) is 0 Å². The Balaban J connectivity index is 1.95. The molecule has 1 amide bonds. The molecule has 118 valence electrons. The molecule has 0 saturated carbocycles. The number of nitrogens with zero attached hydrogens (tertiary/aromatic N) is 1. The topological polar surface area (TPSA) is 55.1 Å². The highest BCUT2D eigenvalue weighted by atomic mass is 16.5. The lowest BCUT2D eigenvalue weighted by molar-refractivity contribution is 0.0935. The van der Waals surface area contributed by atoms with Crippen LogP contribution in [0.3, 0.4) is 0 Å². The number of carbonyl (C=O) groups excluding carboxylic acids is 1. The number of benzene rings is 1. The second-order valence-corrected chi connectivity index (χ2v) is 6.06. The van der Waals surface area contributed by atoms with Crippen molar-refractivity contribution in [3.05, 3.63) is 52.9 Å². The maximum Gasteiger partial charge on any atom is 0.257 e. The Labute approximate surface area is 131 Å². The Hall–Kier alpha value is -2.10. The van der Waals surface area contributed by atoms with E-state index in [2.05, 4.69) is 22.6 Å². The van der Waals surface area contributed by atoms with Gasteiger partial charge in [0.1, 0.15) is 5.56 Å². The van der Waals surface area contributed by atoms with Crippen LogP contribution < -0.4 is 5.32 Å². The van der Waals surface area contributed by atoms with Crippen LogP contribution in [-0.2, 0) is 6.42 Å². The van der Waals surface area contributed by atoms with Gasteiger partial charge in [-0.25, -0.2) is 0 Å². The van der Waals surface area contributed by atoms with Crippen molar-refractivity contribution >= 4 is 5.91 Å². The molecule has 2 rings (SSSR count). The number of rotatable bonds is 6. The lowest BCUT2D eigenvalue weighted by atomic mass is 10.0. The van der Waals surface area contributed by atoms with Crippen molar-refractivity contribution in [2.24, 2.45) is 0 Å². The average Bonchev–Trinajstić information content (AvgIpc) is 2.88. The summed E-state index contributed by atoms with van der Waals surface area (Å²) in [5, 5.41) is 6.97. The Bertz CT molecular complexity index is 617. The van der Waals surface area contributed by atoms with Gasteiger partial charge >= 0.3 is 0 Å². The highest BCUT2D eigenvalue weighted by Gasteiger charge is 2.23. The van der Waals surface area contributed by atoms with Crippen LogP contribution >= 0.6 is 0 Å². The molecule has 0 spiro atoms.